The Morgan fingerprint density at radius 3 is 2.23 bits per heavy atom. The molecule has 0 aliphatic heterocycles. The van der Waals surface area contributed by atoms with Gasteiger partial charge in [-0.1, -0.05) is 23.2 Å². The Kier molecular flexibility index (Phi) is 1.76. The maximum atomic E-state index is 13.9. The zero-order valence-electron chi connectivity index (χ0n) is 6.75. The first-order valence-electron chi connectivity index (χ1n) is 4.17. The second kappa shape index (κ2) is 2.37. The fourth-order valence-electron chi connectivity index (χ4n) is 2.20. The van der Waals surface area contributed by atoms with Crippen LogP contribution in [-0.2, 0) is 4.79 Å². The van der Waals surface area contributed by atoms with Crippen LogP contribution in [0.4, 0.5) is 8.78 Å². The predicted octanol–water partition coefficient (Wildman–Crippen LogP) is 2.73. The van der Waals surface area contributed by atoms with Crippen LogP contribution in [0.1, 0.15) is 25.7 Å². The molecule has 0 amide bonds. The van der Waals surface area contributed by atoms with E-state index < -0.39 is 21.5 Å². The lowest BCUT2D eigenvalue weighted by Gasteiger charge is -2.56. The first-order chi connectivity index (χ1) is 5.86. The molecule has 2 fully saturated rings. The van der Waals surface area contributed by atoms with Crippen LogP contribution in [-0.4, -0.2) is 21.5 Å². The zero-order chi connectivity index (χ0) is 9.91. The second-order valence-electron chi connectivity index (χ2n) is 3.71. The molecule has 0 saturated heterocycles. The normalized spacial score (nSPS) is 48.2. The first-order valence-corrected chi connectivity index (χ1v) is 4.92. The summed E-state index contributed by atoms with van der Waals surface area (Å²) < 4.78 is 25.5. The van der Waals surface area contributed by atoms with Crippen LogP contribution < -0.4 is 0 Å². The van der Waals surface area contributed by atoms with Gasteiger partial charge in [-0.05, 0) is 25.7 Å². The molecular formula is C8H8Cl2F2O. The first kappa shape index (κ1) is 9.66. The Hall–Kier alpha value is 0.110. The monoisotopic (exact) mass is 228 g/mol. The van der Waals surface area contributed by atoms with E-state index >= 15 is 0 Å². The van der Waals surface area contributed by atoms with Crippen LogP contribution in [0, 0.1) is 0 Å². The van der Waals surface area contributed by atoms with E-state index in [2.05, 4.69) is 0 Å². The summed E-state index contributed by atoms with van der Waals surface area (Å²) >= 11 is 10.9. The lowest BCUT2D eigenvalue weighted by atomic mass is 9.59. The van der Waals surface area contributed by atoms with E-state index in [1.165, 1.54) is 0 Å². The minimum Gasteiger partial charge on any atom is -0.292 e. The Bertz CT molecular complexity index is 281. The van der Waals surface area contributed by atoms with Crippen molar-refractivity contribution in [3.63, 3.8) is 0 Å². The van der Waals surface area contributed by atoms with Crippen molar-refractivity contribution in [2.24, 2.45) is 0 Å². The summed E-state index contributed by atoms with van der Waals surface area (Å²) in [7, 11) is 0. The standard InChI is InChI=1S/C8H8Cl2F2O/c9-8(10)5(13)6(11)3-1-2-4-7(6,8)12/h1-4H2. The second-order valence-corrected chi connectivity index (χ2v) is 5.04. The molecule has 1 nitrogen and oxygen atoms in total. The minimum atomic E-state index is -2.42. The molecule has 0 bridgehead atoms. The third kappa shape index (κ3) is 0.809. The Balaban J connectivity index is 2.41. The molecule has 5 heteroatoms. The highest BCUT2D eigenvalue weighted by atomic mass is 35.5. The van der Waals surface area contributed by atoms with Crippen molar-refractivity contribution in [2.45, 2.75) is 41.4 Å². The van der Waals surface area contributed by atoms with Gasteiger partial charge in [0.2, 0.25) is 15.8 Å². The summed E-state index contributed by atoms with van der Waals surface area (Å²) in [4.78, 5) is 11.2. The van der Waals surface area contributed by atoms with Crippen molar-refractivity contribution in [3.8, 4) is 0 Å². The topological polar surface area (TPSA) is 17.1 Å². The molecule has 2 aliphatic carbocycles. The van der Waals surface area contributed by atoms with Gasteiger partial charge in [-0.3, -0.25) is 4.79 Å². The van der Waals surface area contributed by atoms with E-state index in [-0.39, 0.29) is 12.8 Å². The van der Waals surface area contributed by atoms with E-state index in [9.17, 15) is 13.6 Å². The van der Waals surface area contributed by atoms with Gasteiger partial charge < -0.3 is 0 Å². The highest BCUT2D eigenvalue weighted by molar-refractivity contribution is 6.63. The minimum absolute atomic E-state index is 0.0672. The fraction of sp³-hybridized carbons (Fsp3) is 0.875. The van der Waals surface area contributed by atoms with Crippen LogP contribution in [0.15, 0.2) is 0 Å². The van der Waals surface area contributed by atoms with Crippen molar-refractivity contribution < 1.29 is 13.6 Å². The molecule has 0 spiro atoms. The van der Waals surface area contributed by atoms with E-state index in [1.807, 2.05) is 0 Å². The largest absolute Gasteiger partial charge is 0.292 e. The maximum Gasteiger partial charge on any atom is 0.216 e. The molecule has 2 atom stereocenters. The third-order valence-corrected chi connectivity index (χ3v) is 4.01. The third-order valence-electron chi connectivity index (χ3n) is 3.06. The molecule has 2 unspecified atom stereocenters. The van der Waals surface area contributed by atoms with E-state index in [4.69, 9.17) is 23.2 Å². The molecule has 2 rings (SSSR count). The van der Waals surface area contributed by atoms with Gasteiger partial charge in [0.1, 0.15) is 0 Å². The van der Waals surface area contributed by atoms with Crippen molar-refractivity contribution in [3.05, 3.63) is 0 Å². The van der Waals surface area contributed by atoms with Crippen molar-refractivity contribution in [2.75, 3.05) is 0 Å². The average molecular weight is 229 g/mol. The molecule has 2 saturated carbocycles. The van der Waals surface area contributed by atoms with Gasteiger partial charge in [0.15, 0.2) is 5.67 Å². The summed E-state index contributed by atoms with van der Waals surface area (Å²) in [5.41, 5.74) is -4.78. The van der Waals surface area contributed by atoms with Gasteiger partial charge >= 0.3 is 0 Å². The highest BCUT2D eigenvalue weighted by Crippen LogP contribution is 2.64. The number of hydrogen-bond donors (Lipinski definition) is 0. The smallest absolute Gasteiger partial charge is 0.216 e. The van der Waals surface area contributed by atoms with E-state index in [1.54, 1.807) is 0 Å². The lowest BCUT2D eigenvalue weighted by molar-refractivity contribution is -0.182. The molecule has 0 N–H and O–H groups in total. The Morgan fingerprint density at radius 1 is 1.15 bits per heavy atom. The number of hydrogen-bond acceptors (Lipinski definition) is 1. The van der Waals surface area contributed by atoms with Gasteiger partial charge in [0.05, 0.1) is 0 Å². The van der Waals surface area contributed by atoms with Crippen LogP contribution in [0.25, 0.3) is 0 Å². The van der Waals surface area contributed by atoms with Crippen molar-refractivity contribution in [1.82, 2.24) is 0 Å². The molecule has 0 aromatic heterocycles. The molecule has 0 heterocycles. The molecule has 2 aliphatic rings. The summed E-state index contributed by atoms with van der Waals surface area (Å²) in [6, 6.07) is 0. The zero-order valence-corrected chi connectivity index (χ0v) is 8.26. The van der Waals surface area contributed by atoms with E-state index in [0.717, 1.165) is 0 Å². The Morgan fingerprint density at radius 2 is 1.69 bits per heavy atom. The number of halogens is 4. The SMILES string of the molecule is O=C1C(Cl)(Cl)C2(F)CCCCC12F. The van der Waals surface area contributed by atoms with Crippen LogP contribution in [0.5, 0.6) is 0 Å². The number of alkyl halides is 4. The summed E-state index contributed by atoms with van der Waals surface area (Å²) in [5.74, 6) is -1.01. The van der Waals surface area contributed by atoms with Crippen LogP contribution in [0.2, 0.25) is 0 Å². The summed E-state index contributed by atoms with van der Waals surface area (Å²) in [5, 5.41) is 0. The van der Waals surface area contributed by atoms with Gasteiger partial charge in [-0.15, -0.1) is 0 Å². The molecule has 0 radical (unpaired) electrons. The van der Waals surface area contributed by atoms with Gasteiger partial charge in [-0.25, -0.2) is 8.78 Å². The number of fused-ring (bicyclic) bond motifs is 1. The molecule has 13 heavy (non-hydrogen) atoms. The molecule has 74 valence electrons. The number of carbonyl (C=O) groups excluding carboxylic acids is 1. The molecule has 0 aromatic carbocycles. The summed E-state index contributed by atoms with van der Waals surface area (Å²) in [6.45, 7) is 0. The van der Waals surface area contributed by atoms with Crippen LogP contribution >= 0.6 is 23.2 Å². The van der Waals surface area contributed by atoms with Crippen molar-refractivity contribution >= 4 is 29.0 Å². The van der Waals surface area contributed by atoms with Crippen molar-refractivity contribution in [1.29, 1.82) is 0 Å². The lowest BCUT2D eigenvalue weighted by Crippen LogP contribution is -2.79. The average Bonchev–Trinajstić information content (AvgIpc) is 2.08. The van der Waals surface area contributed by atoms with Gasteiger partial charge in [-0.2, -0.15) is 0 Å². The highest BCUT2D eigenvalue weighted by Gasteiger charge is 2.83. The van der Waals surface area contributed by atoms with Gasteiger partial charge in [0, 0.05) is 0 Å². The number of Topliss-reactive ketones (excluding diaryl/α,β-unsaturated/α-hetero) is 1. The maximum absolute atomic E-state index is 13.9. The quantitative estimate of drug-likeness (QED) is 0.583. The summed E-state index contributed by atoms with van der Waals surface area (Å²) in [6.07, 6.45) is 0.875. The number of carbonyl (C=O) groups is 1. The number of rotatable bonds is 0. The van der Waals surface area contributed by atoms with E-state index in [0.29, 0.717) is 12.8 Å². The fourth-order valence-corrected chi connectivity index (χ4v) is 2.99. The Labute approximate surface area is 84.4 Å². The molecule has 0 aromatic rings. The van der Waals surface area contributed by atoms with Crippen LogP contribution in [0.3, 0.4) is 0 Å². The molecular weight excluding hydrogens is 221 g/mol. The predicted molar refractivity (Wildman–Crippen MR) is 45.6 cm³/mol. The number of ketones is 1. The van der Waals surface area contributed by atoms with Gasteiger partial charge in [0.25, 0.3) is 0 Å².